The molecule has 3 rings (SSSR count). The lowest BCUT2D eigenvalue weighted by Crippen LogP contribution is -2.30. The van der Waals surface area contributed by atoms with Crippen LogP contribution in [-0.2, 0) is 28.0 Å². The minimum atomic E-state index is -3.76. The molecule has 8 heteroatoms. The van der Waals surface area contributed by atoms with E-state index in [1.807, 2.05) is 54.6 Å². The molecule has 0 unspecified atom stereocenters. The number of ether oxygens (including phenoxy) is 1. The highest BCUT2D eigenvalue weighted by Gasteiger charge is 2.15. The van der Waals surface area contributed by atoms with Gasteiger partial charge in [-0.2, -0.15) is 0 Å². The fourth-order valence-electron chi connectivity index (χ4n) is 3.08. The van der Waals surface area contributed by atoms with Crippen molar-refractivity contribution in [3.8, 4) is 5.75 Å². The minimum absolute atomic E-state index is 0.00651. The maximum Gasteiger partial charge on any atom is 0.240 e. The molecule has 0 atom stereocenters. The van der Waals surface area contributed by atoms with Crippen LogP contribution in [-0.4, -0.2) is 26.7 Å². The van der Waals surface area contributed by atoms with Crippen molar-refractivity contribution < 1.29 is 22.7 Å². The molecule has 0 saturated heterocycles. The van der Waals surface area contributed by atoms with E-state index in [4.69, 9.17) is 4.74 Å². The van der Waals surface area contributed by atoms with E-state index in [0.717, 1.165) is 16.9 Å². The number of amides is 1. The number of ketones is 1. The van der Waals surface area contributed by atoms with Gasteiger partial charge in [0.05, 0.1) is 4.90 Å². The molecule has 0 heterocycles. The van der Waals surface area contributed by atoms with Crippen LogP contribution in [0.2, 0.25) is 0 Å². The van der Waals surface area contributed by atoms with E-state index in [1.54, 1.807) is 0 Å². The van der Waals surface area contributed by atoms with Gasteiger partial charge in [0.15, 0.2) is 5.78 Å². The van der Waals surface area contributed by atoms with Gasteiger partial charge < -0.3 is 10.1 Å². The first-order chi connectivity index (χ1) is 15.8. The number of benzene rings is 3. The molecule has 0 aliphatic rings. The van der Waals surface area contributed by atoms with Crippen molar-refractivity contribution in [3.63, 3.8) is 0 Å². The number of carbonyl (C=O) groups excluding carboxylic acids is 2. The Bertz CT molecular complexity index is 1190. The zero-order chi connectivity index (χ0) is 23.7. The molecule has 33 heavy (non-hydrogen) atoms. The fourth-order valence-corrected chi connectivity index (χ4v) is 4.11. The second-order valence-electron chi connectivity index (χ2n) is 7.38. The average Bonchev–Trinajstić information content (AvgIpc) is 2.82. The minimum Gasteiger partial charge on any atom is -0.489 e. The molecule has 0 aliphatic heterocycles. The van der Waals surface area contributed by atoms with Gasteiger partial charge in [0.2, 0.25) is 15.9 Å². The Hall–Kier alpha value is -3.49. The van der Waals surface area contributed by atoms with Gasteiger partial charge in [-0.15, -0.1) is 0 Å². The largest absolute Gasteiger partial charge is 0.489 e. The van der Waals surface area contributed by atoms with Gasteiger partial charge in [0.25, 0.3) is 0 Å². The number of para-hydroxylation sites is 1. The van der Waals surface area contributed by atoms with Gasteiger partial charge in [-0.05, 0) is 42.3 Å². The Morgan fingerprint density at radius 3 is 2.15 bits per heavy atom. The molecule has 3 aromatic rings. The molecular formula is C25H26N2O5S. The second-order valence-corrected chi connectivity index (χ2v) is 9.14. The first kappa shape index (κ1) is 24.2. The van der Waals surface area contributed by atoms with Crippen LogP contribution >= 0.6 is 0 Å². The topological polar surface area (TPSA) is 102 Å². The third kappa shape index (κ3) is 7.27. The van der Waals surface area contributed by atoms with Crippen molar-refractivity contribution in [2.24, 2.45) is 0 Å². The first-order valence-corrected chi connectivity index (χ1v) is 12.0. The predicted molar refractivity (Wildman–Crippen MR) is 125 cm³/mol. The van der Waals surface area contributed by atoms with Gasteiger partial charge in [0.1, 0.15) is 12.4 Å². The Morgan fingerprint density at radius 1 is 0.848 bits per heavy atom. The number of rotatable bonds is 11. The number of Topliss-reactive ketones (excluding diaryl/α,β-unsaturated/α-hetero) is 1. The first-order valence-electron chi connectivity index (χ1n) is 10.5. The van der Waals surface area contributed by atoms with E-state index >= 15 is 0 Å². The summed E-state index contributed by atoms with van der Waals surface area (Å²) in [4.78, 5) is 23.6. The van der Waals surface area contributed by atoms with E-state index in [9.17, 15) is 18.0 Å². The van der Waals surface area contributed by atoms with Crippen LogP contribution in [0.15, 0.2) is 83.8 Å². The van der Waals surface area contributed by atoms with Crippen LogP contribution in [0, 0.1) is 0 Å². The quantitative estimate of drug-likeness (QED) is 0.422. The fraction of sp³-hybridized carbons (Fsp3) is 0.200. The summed E-state index contributed by atoms with van der Waals surface area (Å²) in [6.45, 7) is 2.06. The van der Waals surface area contributed by atoms with Gasteiger partial charge >= 0.3 is 0 Å². The van der Waals surface area contributed by atoms with Gasteiger partial charge in [-0.1, -0.05) is 54.6 Å². The Morgan fingerprint density at radius 2 is 1.48 bits per heavy atom. The highest BCUT2D eigenvalue weighted by molar-refractivity contribution is 7.89. The molecule has 0 saturated carbocycles. The van der Waals surface area contributed by atoms with Gasteiger partial charge in [-0.25, -0.2) is 13.1 Å². The summed E-state index contributed by atoms with van der Waals surface area (Å²) in [5, 5.41) is 2.82. The van der Waals surface area contributed by atoms with Crippen LogP contribution < -0.4 is 14.8 Å². The molecule has 7 nitrogen and oxygen atoms in total. The van der Waals surface area contributed by atoms with Crippen molar-refractivity contribution >= 4 is 21.7 Å². The Kier molecular flexibility index (Phi) is 8.34. The average molecular weight is 467 g/mol. The Labute approximate surface area is 193 Å². The lowest BCUT2D eigenvalue weighted by molar-refractivity contribution is -0.121. The number of hydrogen-bond donors (Lipinski definition) is 2. The van der Waals surface area contributed by atoms with Crippen molar-refractivity contribution in [3.05, 3.63) is 95.6 Å². The lowest BCUT2D eigenvalue weighted by atomic mass is 10.1. The number of hydrogen-bond acceptors (Lipinski definition) is 5. The summed E-state index contributed by atoms with van der Waals surface area (Å²) in [5.74, 6) is 0.347. The Balaban J connectivity index is 1.47. The summed E-state index contributed by atoms with van der Waals surface area (Å²) >= 11 is 0. The molecule has 0 bridgehead atoms. The van der Waals surface area contributed by atoms with Crippen molar-refractivity contribution in [1.82, 2.24) is 10.0 Å². The van der Waals surface area contributed by atoms with E-state index < -0.39 is 10.0 Å². The number of carbonyl (C=O) groups is 2. The van der Waals surface area contributed by atoms with Crippen molar-refractivity contribution in [1.29, 1.82) is 0 Å². The zero-order valence-electron chi connectivity index (χ0n) is 18.3. The molecule has 0 aromatic heterocycles. The number of nitrogens with one attached hydrogen (secondary N) is 2. The van der Waals surface area contributed by atoms with E-state index in [1.165, 1.54) is 31.2 Å². The summed E-state index contributed by atoms with van der Waals surface area (Å²) in [7, 11) is -3.76. The molecule has 1 amide bonds. The normalized spacial score (nSPS) is 11.1. The molecule has 2 N–H and O–H groups in total. The summed E-state index contributed by atoms with van der Waals surface area (Å²) in [5.41, 5.74) is 2.31. The maximum absolute atomic E-state index is 12.4. The molecule has 0 fully saturated rings. The summed E-state index contributed by atoms with van der Waals surface area (Å²) in [6, 6.07) is 22.8. The van der Waals surface area contributed by atoms with Crippen LogP contribution in [0.1, 0.15) is 34.8 Å². The highest BCUT2D eigenvalue weighted by Crippen LogP contribution is 2.15. The summed E-state index contributed by atoms with van der Waals surface area (Å²) in [6.07, 6.45) is -0.00651. The van der Waals surface area contributed by atoms with Crippen LogP contribution in [0.25, 0.3) is 0 Å². The van der Waals surface area contributed by atoms with Gasteiger partial charge in [0, 0.05) is 25.1 Å². The molecular weight excluding hydrogens is 440 g/mol. The molecule has 3 aromatic carbocycles. The third-order valence-electron chi connectivity index (χ3n) is 4.95. The zero-order valence-corrected chi connectivity index (χ0v) is 19.1. The van der Waals surface area contributed by atoms with Crippen LogP contribution in [0.4, 0.5) is 0 Å². The maximum atomic E-state index is 12.4. The van der Waals surface area contributed by atoms with E-state index in [-0.39, 0.29) is 29.6 Å². The summed E-state index contributed by atoms with van der Waals surface area (Å²) < 4.78 is 32.9. The monoisotopic (exact) mass is 466 g/mol. The van der Waals surface area contributed by atoms with E-state index in [2.05, 4.69) is 10.0 Å². The second kappa shape index (κ2) is 11.4. The lowest BCUT2D eigenvalue weighted by Gasteiger charge is -2.12. The van der Waals surface area contributed by atoms with E-state index in [0.29, 0.717) is 18.7 Å². The van der Waals surface area contributed by atoms with Crippen LogP contribution in [0.5, 0.6) is 5.75 Å². The standard InChI is InChI=1S/C25H26N2O5S/c1-19(28)20-11-13-24(14-12-20)33(30,31)27-16-15-25(29)26-17-21-7-5-6-8-22(21)18-32-23-9-3-2-4-10-23/h2-14,27H,15-18H2,1H3,(H,26,29). The van der Waals surface area contributed by atoms with Crippen LogP contribution in [0.3, 0.4) is 0 Å². The van der Waals surface area contributed by atoms with Crippen molar-refractivity contribution in [2.45, 2.75) is 31.4 Å². The van der Waals surface area contributed by atoms with Crippen molar-refractivity contribution in [2.75, 3.05) is 6.54 Å². The van der Waals surface area contributed by atoms with Gasteiger partial charge in [-0.3, -0.25) is 9.59 Å². The molecule has 0 aliphatic carbocycles. The smallest absolute Gasteiger partial charge is 0.240 e. The number of sulfonamides is 1. The molecule has 0 radical (unpaired) electrons. The predicted octanol–water partition coefficient (Wildman–Crippen LogP) is 3.45. The highest BCUT2D eigenvalue weighted by atomic mass is 32.2. The molecule has 172 valence electrons. The SMILES string of the molecule is CC(=O)c1ccc(S(=O)(=O)NCCC(=O)NCc2ccccc2COc2ccccc2)cc1. The molecule has 0 spiro atoms. The third-order valence-corrected chi connectivity index (χ3v) is 6.42.